The summed E-state index contributed by atoms with van der Waals surface area (Å²) in [4.78, 5) is 0. The number of halogens is 1. The number of rotatable bonds is 6. The van der Waals surface area contributed by atoms with Crippen LogP contribution in [0.15, 0.2) is 150 Å². The van der Waals surface area contributed by atoms with E-state index in [1.54, 1.807) is 0 Å². The van der Waals surface area contributed by atoms with E-state index in [2.05, 4.69) is 162 Å². The highest BCUT2D eigenvalue weighted by Crippen LogP contribution is 2.52. The first-order valence-corrected chi connectivity index (χ1v) is 12.1. The van der Waals surface area contributed by atoms with E-state index in [0.29, 0.717) is 0 Å². The quantitative estimate of drug-likeness (QED) is 0.210. The fourth-order valence-electron chi connectivity index (χ4n) is 5.13. The molecule has 0 spiro atoms. The van der Waals surface area contributed by atoms with Crippen LogP contribution < -0.4 is 0 Å². The Morgan fingerprint density at radius 2 is 0.818 bits per heavy atom. The molecule has 5 aromatic rings. The van der Waals surface area contributed by atoms with Gasteiger partial charge in [0, 0.05) is 10.4 Å². The predicted octanol–water partition coefficient (Wildman–Crippen LogP) is 8.62. The maximum absolute atomic E-state index is 3.74. The fourth-order valence-corrected chi connectivity index (χ4v) is 5.54. The molecule has 0 bridgehead atoms. The van der Waals surface area contributed by atoms with Crippen LogP contribution in [0.1, 0.15) is 33.7 Å². The number of hydrogen-bond donors (Lipinski definition) is 0. The minimum atomic E-state index is -0.425. The number of hydrogen-bond acceptors (Lipinski definition) is 0. The van der Waals surface area contributed by atoms with Crippen LogP contribution >= 0.6 is 15.9 Å². The summed E-state index contributed by atoms with van der Waals surface area (Å²) in [5.74, 6) is 0.0587. The maximum Gasteiger partial charge on any atom is 0.0560 e. The van der Waals surface area contributed by atoms with Crippen LogP contribution in [-0.2, 0) is 5.41 Å². The number of benzene rings is 5. The summed E-state index contributed by atoms with van der Waals surface area (Å²) in [6.45, 7) is 0. The average molecular weight is 489 g/mol. The van der Waals surface area contributed by atoms with E-state index in [4.69, 9.17) is 0 Å². The molecule has 0 aliphatic heterocycles. The zero-order chi connectivity index (χ0) is 22.5. The van der Waals surface area contributed by atoms with Crippen molar-refractivity contribution in [2.75, 3.05) is 0 Å². The van der Waals surface area contributed by atoms with Gasteiger partial charge in [0.15, 0.2) is 0 Å². The van der Waals surface area contributed by atoms with Crippen molar-refractivity contribution in [1.82, 2.24) is 0 Å². The summed E-state index contributed by atoms with van der Waals surface area (Å²) < 4.78 is 1.09. The van der Waals surface area contributed by atoms with Crippen molar-refractivity contribution >= 4 is 15.9 Å². The van der Waals surface area contributed by atoms with Gasteiger partial charge in [0.1, 0.15) is 0 Å². The van der Waals surface area contributed by atoms with E-state index in [9.17, 15) is 0 Å². The Morgan fingerprint density at radius 1 is 0.424 bits per heavy atom. The molecule has 0 aromatic heterocycles. The second-order valence-corrected chi connectivity index (χ2v) is 9.22. The predicted molar refractivity (Wildman–Crippen MR) is 142 cm³/mol. The smallest absolute Gasteiger partial charge is 0.0560 e. The van der Waals surface area contributed by atoms with Gasteiger partial charge in [0.05, 0.1) is 5.41 Å². The molecule has 1 atom stereocenters. The third kappa shape index (κ3) is 4.05. The van der Waals surface area contributed by atoms with E-state index >= 15 is 0 Å². The summed E-state index contributed by atoms with van der Waals surface area (Å²) in [5.41, 5.74) is 5.95. The summed E-state index contributed by atoms with van der Waals surface area (Å²) in [6, 6.07) is 52.5. The van der Waals surface area contributed by atoms with Gasteiger partial charge in [-0.3, -0.25) is 0 Å². The van der Waals surface area contributed by atoms with Crippen molar-refractivity contribution in [2.24, 2.45) is 0 Å². The average Bonchev–Trinajstić information content (AvgIpc) is 2.89. The lowest BCUT2D eigenvalue weighted by molar-refractivity contribution is 0.537. The molecule has 0 N–H and O–H groups in total. The van der Waals surface area contributed by atoms with E-state index in [1.807, 2.05) is 0 Å². The summed E-state index contributed by atoms with van der Waals surface area (Å²) in [6.07, 6.45) is 0. The molecular weight excluding hydrogens is 464 g/mol. The zero-order valence-electron chi connectivity index (χ0n) is 18.3. The molecule has 0 aliphatic carbocycles. The van der Waals surface area contributed by atoms with Gasteiger partial charge in [-0.1, -0.05) is 149 Å². The Labute approximate surface area is 204 Å². The summed E-state index contributed by atoms with van der Waals surface area (Å²) in [7, 11) is 0. The minimum Gasteiger partial charge on any atom is -0.0622 e. The third-order valence-corrected chi connectivity index (χ3v) is 6.93. The lowest BCUT2D eigenvalue weighted by Crippen LogP contribution is -2.37. The lowest BCUT2D eigenvalue weighted by Gasteiger charge is -2.43. The van der Waals surface area contributed by atoms with Gasteiger partial charge in [-0.05, 0) is 39.9 Å². The van der Waals surface area contributed by atoms with Crippen LogP contribution in [0.3, 0.4) is 0 Å². The molecule has 160 valence electrons. The highest BCUT2D eigenvalue weighted by Gasteiger charge is 2.45. The molecule has 33 heavy (non-hydrogen) atoms. The van der Waals surface area contributed by atoms with Gasteiger partial charge in [0.25, 0.3) is 0 Å². The van der Waals surface area contributed by atoms with Crippen molar-refractivity contribution in [1.29, 1.82) is 0 Å². The molecule has 0 aliphatic rings. The monoisotopic (exact) mass is 488 g/mol. The Bertz CT molecular complexity index is 1200. The van der Waals surface area contributed by atoms with Crippen LogP contribution in [0.2, 0.25) is 0 Å². The molecule has 1 heteroatoms. The van der Waals surface area contributed by atoms with Crippen molar-refractivity contribution < 1.29 is 0 Å². The molecule has 0 amide bonds. The second-order valence-electron chi connectivity index (χ2n) is 8.30. The first-order chi connectivity index (χ1) is 16.3. The molecule has 5 rings (SSSR count). The highest BCUT2D eigenvalue weighted by molar-refractivity contribution is 9.10. The molecule has 0 unspecified atom stereocenters. The maximum atomic E-state index is 3.74. The SMILES string of the molecule is Brc1cccc([C@@H](c2ccccc2)C(c2ccccc2)(c2ccccc2)c2ccccc2)c1. The molecule has 0 heterocycles. The van der Waals surface area contributed by atoms with Crippen LogP contribution in [0.4, 0.5) is 0 Å². The van der Waals surface area contributed by atoms with Crippen LogP contribution in [0.5, 0.6) is 0 Å². The first-order valence-electron chi connectivity index (χ1n) is 11.3. The molecule has 0 saturated heterocycles. The van der Waals surface area contributed by atoms with Gasteiger partial charge in [-0.15, -0.1) is 0 Å². The third-order valence-electron chi connectivity index (χ3n) is 6.44. The highest BCUT2D eigenvalue weighted by atomic mass is 79.9. The Kier molecular flexibility index (Phi) is 6.24. The van der Waals surface area contributed by atoms with Gasteiger partial charge >= 0.3 is 0 Å². The molecule has 5 aromatic carbocycles. The van der Waals surface area contributed by atoms with Crippen molar-refractivity contribution in [3.05, 3.63) is 178 Å². The van der Waals surface area contributed by atoms with E-state index in [1.165, 1.54) is 27.8 Å². The van der Waals surface area contributed by atoms with Gasteiger partial charge < -0.3 is 0 Å². The fraction of sp³-hybridized carbons (Fsp3) is 0.0625. The largest absolute Gasteiger partial charge is 0.0622 e. The van der Waals surface area contributed by atoms with Crippen molar-refractivity contribution in [2.45, 2.75) is 11.3 Å². The van der Waals surface area contributed by atoms with Gasteiger partial charge in [-0.2, -0.15) is 0 Å². The summed E-state index contributed by atoms with van der Waals surface area (Å²) in [5, 5.41) is 0. The standard InChI is InChI=1S/C32H25Br/c33-30-23-13-16-26(24-30)31(25-14-5-1-6-15-25)32(27-17-7-2-8-18-27,28-19-9-3-10-20-28)29-21-11-4-12-22-29/h1-24,31H/t31-/m1/s1. The van der Waals surface area contributed by atoms with E-state index in [-0.39, 0.29) is 5.92 Å². The van der Waals surface area contributed by atoms with Crippen LogP contribution in [0.25, 0.3) is 0 Å². The molecule has 0 fully saturated rings. The normalized spacial score (nSPS) is 12.3. The molecular formula is C32H25Br. The molecule has 0 nitrogen and oxygen atoms in total. The second kappa shape index (κ2) is 9.60. The van der Waals surface area contributed by atoms with Crippen LogP contribution in [0, 0.1) is 0 Å². The van der Waals surface area contributed by atoms with Crippen LogP contribution in [-0.4, -0.2) is 0 Å². The Hall–Kier alpha value is -3.42. The Balaban J connectivity index is 1.95. The topological polar surface area (TPSA) is 0 Å². The van der Waals surface area contributed by atoms with E-state index in [0.717, 1.165) is 4.47 Å². The van der Waals surface area contributed by atoms with E-state index < -0.39 is 5.41 Å². The molecule has 0 saturated carbocycles. The van der Waals surface area contributed by atoms with Gasteiger partial charge in [-0.25, -0.2) is 0 Å². The lowest BCUT2D eigenvalue weighted by atomic mass is 9.58. The minimum absolute atomic E-state index is 0.0587. The van der Waals surface area contributed by atoms with Gasteiger partial charge in [0.2, 0.25) is 0 Å². The van der Waals surface area contributed by atoms with Crippen molar-refractivity contribution in [3.63, 3.8) is 0 Å². The molecule has 0 radical (unpaired) electrons. The summed E-state index contributed by atoms with van der Waals surface area (Å²) >= 11 is 3.74. The van der Waals surface area contributed by atoms with Crippen molar-refractivity contribution in [3.8, 4) is 0 Å². The zero-order valence-corrected chi connectivity index (χ0v) is 19.9. The first kappa shape index (κ1) is 21.4. The Morgan fingerprint density at radius 3 is 1.24 bits per heavy atom.